The number of amides is 1. The van der Waals surface area contributed by atoms with Crippen LogP contribution in [-0.2, 0) is 17.8 Å². The maximum Gasteiger partial charge on any atom is 0.257 e. The maximum absolute atomic E-state index is 11.5. The Morgan fingerprint density at radius 3 is 2.61 bits per heavy atom. The highest BCUT2D eigenvalue weighted by Gasteiger charge is 2.05. The molecule has 0 unspecified atom stereocenters. The molecule has 0 fully saturated rings. The average molecular weight is 540 g/mol. The van der Waals surface area contributed by atoms with Crippen molar-refractivity contribution in [1.29, 1.82) is 0 Å². The first-order chi connectivity index (χ1) is 14.5. The minimum absolute atomic E-state index is 0. The zero-order valence-corrected chi connectivity index (χ0v) is 21.0. The highest BCUT2D eigenvalue weighted by Crippen LogP contribution is 2.19. The van der Waals surface area contributed by atoms with Crippen molar-refractivity contribution in [2.75, 3.05) is 33.9 Å². The highest BCUT2D eigenvalue weighted by molar-refractivity contribution is 14.0. The van der Waals surface area contributed by atoms with Gasteiger partial charge in [0.15, 0.2) is 12.6 Å². The summed E-state index contributed by atoms with van der Waals surface area (Å²) in [5.41, 5.74) is 3.41. The standard InChI is InChI=1S/C23H32N4O3.HI/c1-5-25-22(28)16-30-20-8-6-7-18(14-20)15-27-23(24-3)26-12-11-19-13-17(2)9-10-21(19)29-4;/h6-10,13-14H,5,11-12,15-16H2,1-4H3,(H,25,28)(H2,24,26,27);1H. The number of halogens is 1. The smallest absolute Gasteiger partial charge is 0.257 e. The second-order valence-electron chi connectivity index (χ2n) is 6.81. The van der Waals surface area contributed by atoms with E-state index in [1.165, 1.54) is 5.56 Å². The van der Waals surface area contributed by atoms with Gasteiger partial charge in [-0.3, -0.25) is 9.79 Å². The zero-order chi connectivity index (χ0) is 21.8. The van der Waals surface area contributed by atoms with Crippen molar-refractivity contribution in [3.63, 3.8) is 0 Å². The van der Waals surface area contributed by atoms with Crippen LogP contribution >= 0.6 is 24.0 Å². The lowest BCUT2D eigenvalue weighted by molar-refractivity contribution is -0.122. The minimum atomic E-state index is -0.129. The van der Waals surface area contributed by atoms with E-state index in [-0.39, 0.29) is 36.5 Å². The van der Waals surface area contributed by atoms with Crippen LogP contribution in [0.3, 0.4) is 0 Å². The Hall–Kier alpha value is -2.49. The Kier molecular flexibility index (Phi) is 12.4. The predicted molar refractivity (Wildman–Crippen MR) is 136 cm³/mol. The molecular formula is C23H33IN4O3. The number of nitrogens with zero attached hydrogens (tertiary/aromatic N) is 1. The Balaban J connectivity index is 0.00000480. The molecule has 3 N–H and O–H groups in total. The van der Waals surface area contributed by atoms with Crippen LogP contribution in [-0.4, -0.2) is 45.7 Å². The van der Waals surface area contributed by atoms with E-state index in [4.69, 9.17) is 9.47 Å². The molecule has 0 aliphatic rings. The summed E-state index contributed by atoms with van der Waals surface area (Å²) in [6, 6.07) is 13.8. The number of hydrogen-bond acceptors (Lipinski definition) is 4. The summed E-state index contributed by atoms with van der Waals surface area (Å²) in [5.74, 6) is 2.15. The molecule has 0 aromatic heterocycles. The summed E-state index contributed by atoms with van der Waals surface area (Å²) in [5, 5.41) is 9.34. The summed E-state index contributed by atoms with van der Waals surface area (Å²) >= 11 is 0. The van der Waals surface area contributed by atoms with E-state index >= 15 is 0 Å². The molecule has 2 aromatic rings. The molecule has 2 rings (SSSR count). The lowest BCUT2D eigenvalue weighted by atomic mass is 10.1. The summed E-state index contributed by atoms with van der Waals surface area (Å²) < 4.78 is 11.0. The first-order valence-corrected chi connectivity index (χ1v) is 10.1. The van der Waals surface area contributed by atoms with Crippen molar-refractivity contribution in [1.82, 2.24) is 16.0 Å². The lowest BCUT2D eigenvalue weighted by Gasteiger charge is -2.14. The summed E-state index contributed by atoms with van der Waals surface area (Å²) in [6.45, 7) is 5.87. The van der Waals surface area contributed by atoms with Crippen molar-refractivity contribution in [3.05, 3.63) is 59.2 Å². The molecule has 31 heavy (non-hydrogen) atoms. The molecule has 0 aliphatic carbocycles. The zero-order valence-electron chi connectivity index (χ0n) is 18.7. The van der Waals surface area contributed by atoms with E-state index in [0.717, 1.165) is 35.8 Å². The molecule has 1 amide bonds. The molecule has 0 atom stereocenters. The van der Waals surface area contributed by atoms with Crippen LogP contribution in [0.2, 0.25) is 0 Å². The maximum atomic E-state index is 11.5. The van der Waals surface area contributed by atoms with Gasteiger partial charge in [0.2, 0.25) is 0 Å². The van der Waals surface area contributed by atoms with Crippen molar-refractivity contribution in [2.24, 2.45) is 4.99 Å². The van der Waals surface area contributed by atoms with Crippen LogP contribution in [0.4, 0.5) is 0 Å². The number of ether oxygens (including phenoxy) is 2. The second-order valence-corrected chi connectivity index (χ2v) is 6.81. The molecular weight excluding hydrogens is 507 g/mol. The first kappa shape index (κ1) is 26.5. The van der Waals surface area contributed by atoms with Gasteiger partial charge in [-0.05, 0) is 49.6 Å². The van der Waals surface area contributed by atoms with Crippen molar-refractivity contribution in [3.8, 4) is 11.5 Å². The van der Waals surface area contributed by atoms with E-state index in [1.807, 2.05) is 43.3 Å². The fourth-order valence-corrected chi connectivity index (χ4v) is 2.97. The van der Waals surface area contributed by atoms with E-state index in [0.29, 0.717) is 18.8 Å². The summed E-state index contributed by atoms with van der Waals surface area (Å²) in [7, 11) is 3.44. The van der Waals surface area contributed by atoms with Crippen LogP contribution < -0.4 is 25.4 Å². The molecule has 8 heteroatoms. The molecule has 0 saturated carbocycles. The molecule has 0 spiro atoms. The number of benzene rings is 2. The number of carbonyl (C=O) groups excluding carboxylic acids is 1. The van der Waals surface area contributed by atoms with Crippen molar-refractivity contribution >= 4 is 35.8 Å². The van der Waals surface area contributed by atoms with E-state index in [2.05, 4.69) is 33.9 Å². The minimum Gasteiger partial charge on any atom is -0.496 e. The third-order valence-electron chi connectivity index (χ3n) is 4.45. The van der Waals surface area contributed by atoms with Gasteiger partial charge in [0.1, 0.15) is 11.5 Å². The number of nitrogens with one attached hydrogen (secondary N) is 3. The van der Waals surface area contributed by atoms with Gasteiger partial charge < -0.3 is 25.4 Å². The Labute approximate surface area is 202 Å². The second kappa shape index (κ2) is 14.5. The SMILES string of the molecule is CCNC(=O)COc1cccc(CNC(=NC)NCCc2cc(C)ccc2OC)c1.I. The molecule has 7 nitrogen and oxygen atoms in total. The van der Waals surface area contributed by atoms with Crippen LogP contribution in [0.15, 0.2) is 47.5 Å². The average Bonchev–Trinajstić information content (AvgIpc) is 2.75. The molecule has 2 aromatic carbocycles. The number of rotatable bonds is 10. The monoisotopic (exact) mass is 540 g/mol. The number of methoxy groups -OCH3 is 1. The molecule has 0 aliphatic heterocycles. The molecule has 0 heterocycles. The predicted octanol–water partition coefficient (Wildman–Crippen LogP) is 3.04. The van der Waals surface area contributed by atoms with Gasteiger partial charge in [0, 0.05) is 26.7 Å². The molecule has 0 bridgehead atoms. The van der Waals surface area contributed by atoms with Crippen LogP contribution in [0.5, 0.6) is 11.5 Å². The van der Waals surface area contributed by atoms with E-state index in [1.54, 1.807) is 14.2 Å². The van der Waals surface area contributed by atoms with E-state index < -0.39 is 0 Å². The van der Waals surface area contributed by atoms with Gasteiger partial charge in [-0.15, -0.1) is 24.0 Å². The van der Waals surface area contributed by atoms with Crippen LogP contribution in [0, 0.1) is 6.92 Å². The van der Waals surface area contributed by atoms with Gasteiger partial charge in [-0.2, -0.15) is 0 Å². The van der Waals surface area contributed by atoms with Crippen LogP contribution in [0.1, 0.15) is 23.6 Å². The van der Waals surface area contributed by atoms with Crippen molar-refractivity contribution in [2.45, 2.75) is 26.8 Å². The van der Waals surface area contributed by atoms with Gasteiger partial charge in [0.05, 0.1) is 7.11 Å². The molecule has 170 valence electrons. The van der Waals surface area contributed by atoms with E-state index in [9.17, 15) is 4.79 Å². The quantitative estimate of drug-likeness (QED) is 0.245. The first-order valence-electron chi connectivity index (χ1n) is 10.1. The number of aryl methyl sites for hydroxylation is 1. The van der Waals surface area contributed by atoms with Crippen molar-refractivity contribution < 1.29 is 14.3 Å². The summed E-state index contributed by atoms with van der Waals surface area (Å²) in [6.07, 6.45) is 0.828. The Morgan fingerprint density at radius 1 is 1.10 bits per heavy atom. The Bertz CT molecular complexity index is 858. The highest BCUT2D eigenvalue weighted by atomic mass is 127. The molecule has 0 saturated heterocycles. The number of hydrogen-bond donors (Lipinski definition) is 3. The molecule has 0 radical (unpaired) electrons. The van der Waals surface area contributed by atoms with Crippen LogP contribution in [0.25, 0.3) is 0 Å². The van der Waals surface area contributed by atoms with Gasteiger partial charge in [-0.25, -0.2) is 0 Å². The largest absolute Gasteiger partial charge is 0.496 e. The normalized spacial score (nSPS) is 10.6. The fraction of sp³-hybridized carbons (Fsp3) is 0.391. The Morgan fingerprint density at radius 2 is 1.90 bits per heavy atom. The van der Waals surface area contributed by atoms with Gasteiger partial charge >= 0.3 is 0 Å². The topological polar surface area (TPSA) is 84.0 Å². The van der Waals surface area contributed by atoms with Gasteiger partial charge in [-0.1, -0.05) is 29.8 Å². The lowest BCUT2D eigenvalue weighted by Crippen LogP contribution is -2.37. The third-order valence-corrected chi connectivity index (χ3v) is 4.45. The number of carbonyl (C=O) groups is 1. The number of aliphatic imine (C=N–C) groups is 1. The number of likely N-dealkylation sites (N-methyl/N-ethyl adjacent to an activating group) is 1. The number of guanidine groups is 1. The van der Waals surface area contributed by atoms with Gasteiger partial charge in [0.25, 0.3) is 5.91 Å². The summed E-state index contributed by atoms with van der Waals surface area (Å²) in [4.78, 5) is 15.8. The third kappa shape index (κ3) is 9.46. The fourth-order valence-electron chi connectivity index (χ4n) is 2.97.